The number of benzene rings is 1. The van der Waals surface area contributed by atoms with Crippen LogP contribution in [-0.4, -0.2) is 47.9 Å². The predicted octanol–water partition coefficient (Wildman–Crippen LogP) is 2.81. The summed E-state index contributed by atoms with van der Waals surface area (Å²) in [4.78, 5) is 12.6. The van der Waals surface area contributed by atoms with Crippen molar-refractivity contribution in [2.24, 2.45) is 11.0 Å². The van der Waals surface area contributed by atoms with Crippen molar-refractivity contribution in [1.29, 1.82) is 0 Å². The summed E-state index contributed by atoms with van der Waals surface area (Å²) in [5, 5.41) is 14.0. The number of alkyl halides is 3. The molecule has 1 unspecified atom stereocenters. The first kappa shape index (κ1) is 19.0. The van der Waals surface area contributed by atoms with Crippen molar-refractivity contribution in [1.82, 2.24) is 5.01 Å². The van der Waals surface area contributed by atoms with E-state index in [-0.39, 0.29) is 28.0 Å². The van der Waals surface area contributed by atoms with E-state index in [2.05, 4.69) is 5.10 Å². The first-order valence-electron chi connectivity index (χ1n) is 7.48. The van der Waals surface area contributed by atoms with Crippen molar-refractivity contribution in [3.8, 4) is 11.5 Å². The smallest absolute Gasteiger partial charge is 0.438 e. The van der Waals surface area contributed by atoms with Gasteiger partial charge in [-0.15, -0.1) is 0 Å². The zero-order valence-corrected chi connectivity index (χ0v) is 14.2. The van der Waals surface area contributed by atoms with Crippen LogP contribution in [-0.2, 0) is 0 Å². The van der Waals surface area contributed by atoms with E-state index in [1.165, 1.54) is 32.4 Å². The van der Waals surface area contributed by atoms with Crippen LogP contribution in [0.25, 0.3) is 0 Å². The van der Waals surface area contributed by atoms with Gasteiger partial charge in [0.1, 0.15) is 0 Å². The third-order valence-electron chi connectivity index (χ3n) is 3.95. The van der Waals surface area contributed by atoms with Gasteiger partial charge in [-0.25, -0.2) is 0 Å². The lowest BCUT2D eigenvalue weighted by Gasteiger charge is -2.32. The van der Waals surface area contributed by atoms with E-state index in [9.17, 15) is 23.1 Å². The highest BCUT2D eigenvalue weighted by Crippen LogP contribution is 2.42. The minimum atomic E-state index is -5.06. The Morgan fingerprint density at radius 2 is 1.88 bits per heavy atom. The average Bonchev–Trinajstić information content (AvgIpc) is 2.92. The second kappa shape index (κ2) is 6.55. The molecule has 0 bridgehead atoms. The summed E-state index contributed by atoms with van der Waals surface area (Å²) in [6.45, 7) is 3.28. The van der Waals surface area contributed by atoms with Gasteiger partial charge in [0, 0.05) is 17.7 Å². The lowest BCUT2D eigenvalue weighted by atomic mass is 9.98. The molecule has 1 aromatic carbocycles. The Morgan fingerprint density at radius 3 is 2.36 bits per heavy atom. The molecule has 1 amide bonds. The molecular formula is C16H19F3N2O4. The fraction of sp³-hybridized carbons (Fsp3) is 0.500. The minimum Gasteiger partial charge on any atom is -0.493 e. The molecule has 1 aromatic rings. The fourth-order valence-electron chi connectivity index (χ4n) is 2.42. The molecule has 0 spiro atoms. The molecule has 0 fully saturated rings. The molecule has 1 atom stereocenters. The van der Waals surface area contributed by atoms with Crippen molar-refractivity contribution in [3.05, 3.63) is 23.8 Å². The van der Waals surface area contributed by atoms with Gasteiger partial charge in [-0.05, 0) is 24.1 Å². The molecule has 1 aliphatic rings. The van der Waals surface area contributed by atoms with E-state index in [0.717, 1.165) is 0 Å². The van der Waals surface area contributed by atoms with Crippen molar-refractivity contribution < 1.29 is 32.5 Å². The minimum absolute atomic E-state index is 0.0913. The molecule has 1 N–H and O–H groups in total. The van der Waals surface area contributed by atoms with Gasteiger partial charge in [0.25, 0.3) is 11.6 Å². The number of hydrazone groups is 1. The second-order valence-corrected chi connectivity index (χ2v) is 5.92. The lowest BCUT2D eigenvalue weighted by molar-refractivity contribution is -0.297. The van der Waals surface area contributed by atoms with Gasteiger partial charge in [0.15, 0.2) is 11.5 Å². The summed E-state index contributed by atoms with van der Waals surface area (Å²) < 4.78 is 50.3. The molecule has 6 nitrogen and oxygen atoms in total. The predicted molar refractivity (Wildman–Crippen MR) is 83.6 cm³/mol. The van der Waals surface area contributed by atoms with E-state index in [1.807, 2.05) is 0 Å². The van der Waals surface area contributed by atoms with Crippen LogP contribution in [0, 0.1) is 5.92 Å². The number of hydrogen-bond acceptors (Lipinski definition) is 5. The Morgan fingerprint density at radius 1 is 1.28 bits per heavy atom. The van der Waals surface area contributed by atoms with Gasteiger partial charge in [-0.2, -0.15) is 23.3 Å². The molecule has 0 saturated heterocycles. The number of halogens is 3. The van der Waals surface area contributed by atoms with Gasteiger partial charge < -0.3 is 14.6 Å². The van der Waals surface area contributed by atoms with Crippen LogP contribution in [0.5, 0.6) is 11.5 Å². The van der Waals surface area contributed by atoms with E-state index in [1.54, 1.807) is 13.8 Å². The first-order chi connectivity index (χ1) is 11.5. The number of ether oxygens (including phenoxy) is 2. The quantitative estimate of drug-likeness (QED) is 0.896. The molecule has 9 heteroatoms. The van der Waals surface area contributed by atoms with Crippen LogP contribution in [0.15, 0.2) is 23.3 Å². The largest absolute Gasteiger partial charge is 0.493 e. The van der Waals surface area contributed by atoms with Gasteiger partial charge >= 0.3 is 6.18 Å². The molecule has 25 heavy (non-hydrogen) atoms. The third-order valence-corrected chi connectivity index (χ3v) is 3.95. The number of carbonyl (C=O) groups is 1. The van der Waals surface area contributed by atoms with E-state index >= 15 is 0 Å². The van der Waals surface area contributed by atoms with Crippen LogP contribution >= 0.6 is 0 Å². The molecule has 2 rings (SSSR count). The topological polar surface area (TPSA) is 71.4 Å². The number of rotatable bonds is 4. The van der Waals surface area contributed by atoms with E-state index in [4.69, 9.17) is 9.47 Å². The highest BCUT2D eigenvalue weighted by Gasteiger charge is 2.63. The van der Waals surface area contributed by atoms with Crippen LogP contribution in [0.1, 0.15) is 30.6 Å². The zero-order chi connectivity index (χ0) is 19.0. The van der Waals surface area contributed by atoms with Gasteiger partial charge in [0.2, 0.25) is 0 Å². The Balaban J connectivity index is 2.47. The lowest BCUT2D eigenvalue weighted by Crippen LogP contribution is -2.56. The third kappa shape index (κ3) is 3.28. The molecule has 0 aliphatic carbocycles. The Bertz CT molecular complexity index is 703. The van der Waals surface area contributed by atoms with Crippen molar-refractivity contribution >= 4 is 11.6 Å². The Labute approximate surface area is 142 Å². The second-order valence-electron chi connectivity index (χ2n) is 5.92. The summed E-state index contributed by atoms with van der Waals surface area (Å²) in [7, 11) is 2.73. The number of aliphatic hydroxyl groups is 1. The number of methoxy groups -OCH3 is 2. The van der Waals surface area contributed by atoms with Crippen molar-refractivity contribution in [2.75, 3.05) is 14.2 Å². The standard InChI is InChI=1S/C16H19F3N2O4/c1-9(2)11-8-15(23,16(17,18)19)21(20-11)14(22)10-5-6-12(24-3)13(7-10)25-4/h5-7,9,23H,8H2,1-4H3. The number of amides is 1. The van der Waals surface area contributed by atoms with Gasteiger partial charge in [-0.3, -0.25) is 4.79 Å². The summed E-state index contributed by atoms with van der Waals surface area (Å²) in [5.41, 5.74) is -3.40. The maximum absolute atomic E-state index is 13.4. The maximum atomic E-state index is 13.4. The molecule has 0 aromatic heterocycles. The van der Waals surface area contributed by atoms with Crippen LogP contribution in [0.2, 0.25) is 0 Å². The highest BCUT2D eigenvalue weighted by molar-refractivity contribution is 5.99. The van der Waals surface area contributed by atoms with Gasteiger partial charge in [-0.1, -0.05) is 13.8 Å². The maximum Gasteiger partial charge on any atom is 0.438 e. The summed E-state index contributed by atoms with van der Waals surface area (Å²) in [5.74, 6) is -0.942. The van der Waals surface area contributed by atoms with Crippen LogP contribution in [0.4, 0.5) is 13.2 Å². The van der Waals surface area contributed by atoms with Crippen molar-refractivity contribution in [2.45, 2.75) is 32.2 Å². The summed E-state index contributed by atoms with van der Waals surface area (Å²) >= 11 is 0. The number of hydrogen-bond donors (Lipinski definition) is 1. The number of carbonyl (C=O) groups excluding carboxylic acids is 1. The van der Waals surface area contributed by atoms with Crippen LogP contribution < -0.4 is 9.47 Å². The summed E-state index contributed by atoms with van der Waals surface area (Å²) in [6, 6.07) is 3.91. The van der Waals surface area contributed by atoms with Gasteiger partial charge in [0.05, 0.1) is 14.2 Å². The van der Waals surface area contributed by atoms with E-state index in [0.29, 0.717) is 5.75 Å². The summed E-state index contributed by atoms with van der Waals surface area (Å²) in [6.07, 6.45) is -5.84. The first-order valence-corrected chi connectivity index (χ1v) is 7.48. The Hall–Kier alpha value is -2.29. The normalized spacial score (nSPS) is 20.7. The van der Waals surface area contributed by atoms with Crippen molar-refractivity contribution in [3.63, 3.8) is 0 Å². The van der Waals surface area contributed by atoms with Crippen LogP contribution in [0.3, 0.4) is 0 Å². The molecular weight excluding hydrogens is 341 g/mol. The fourth-order valence-corrected chi connectivity index (χ4v) is 2.42. The monoisotopic (exact) mass is 360 g/mol. The molecule has 1 aliphatic heterocycles. The molecule has 0 radical (unpaired) electrons. The zero-order valence-electron chi connectivity index (χ0n) is 14.2. The molecule has 0 saturated carbocycles. The molecule has 138 valence electrons. The number of nitrogens with zero attached hydrogens (tertiary/aromatic N) is 2. The van der Waals surface area contributed by atoms with E-state index < -0.39 is 24.2 Å². The SMILES string of the molecule is COc1ccc(C(=O)N2N=C(C(C)C)CC2(O)C(F)(F)F)cc1OC. The average molecular weight is 360 g/mol. The Kier molecular flexibility index (Phi) is 4.99. The molecule has 1 heterocycles. The highest BCUT2D eigenvalue weighted by atomic mass is 19.4.